The number of β-lactam (4-membered cyclic amide) rings is 1. The normalized spacial score (nSPS) is 17.9. The topological polar surface area (TPSA) is 141 Å². The molecule has 1 aromatic carbocycles. The molecule has 1 saturated heterocycles. The molecule has 29 heavy (non-hydrogen) atoms. The highest BCUT2D eigenvalue weighted by Crippen LogP contribution is 2.40. The number of amides is 1. The Hall–Kier alpha value is -3.60. The summed E-state index contributed by atoms with van der Waals surface area (Å²) in [6, 6.07) is 5.56. The van der Waals surface area contributed by atoms with E-state index in [9.17, 15) is 19.7 Å². The number of esters is 1. The van der Waals surface area contributed by atoms with Crippen molar-refractivity contribution in [1.29, 1.82) is 0 Å². The zero-order valence-electron chi connectivity index (χ0n) is 15.2. The predicted octanol–water partition coefficient (Wildman–Crippen LogP) is 0.638. The number of nitro groups is 1. The molecule has 2 aliphatic rings. The van der Waals surface area contributed by atoms with E-state index in [2.05, 4.69) is 10.3 Å². The van der Waals surface area contributed by atoms with Crippen molar-refractivity contribution >= 4 is 23.3 Å². The number of nitro benzene ring substituents is 1. The van der Waals surface area contributed by atoms with Gasteiger partial charge in [-0.15, -0.1) is 5.10 Å². The van der Waals surface area contributed by atoms with Crippen molar-refractivity contribution in [3.8, 4) is 0 Å². The van der Waals surface area contributed by atoms with Gasteiger partial charge in [0.1, 0.15) is 6.61 Å². The van der Waals surface area contributed by atoms with Crippen LogP contribution in [-0.2, 0) is 27.4 Å². The van der Waals surface area contributed by atoms with Crippen LogP contribution in [0.4, 0.5) is 5.69 Å². The fourth-order valence-corrected chi connectivity index (χ4v) is 3.42. The lowest BCUT2D eigenvalue weighted by molar-refractivity contribution is -0.384. The largest absolute Gasteiger partial charge is 0.456 e. The summed E-state index contributed by atoms with van der Waals surface area (Å²) in [7, 11) is 0. The lowest BCUT2D eigenvalue weighted by Gasteiger charge is -2.35. The molecule has 1 amide bonds. The summed E-state index contributed by atoms with van der Waals surface area (Å²) < 4.78 is 6.80. The van der Waals surface area contributed by atoms with Crippen LogP contribution < -0.4 is 0 Å². The van der Waals surface area contributed by atoms with E-state index in [0.29, 0.717) is 36.2 Å². The van der Waals surface area contributed by atoms with Crippen molar-refractivity contribution in [2.75, 3.05) is 6.61 Å². The van der Waals surface area contributed by atoms with Crippen molar-refractivity contribution in [1.82, 2.24) is 19.9 Å². The Morgan fingerprint density at radius 1 is 1.31 bits per heavy atom. The van der Waals surface area contributed by atoms with E-state index >= 15 is 0 Å². The number of rotatable bonds is 7. The highest BCUT2D eigenvalue weighted by atomic mass is 16.6. The van der Waals surface area contributed by atoms with Gasteiger partial charge in [0.25, 0.3) is 5.69 Å². The number of aliphatic hydroxyl groups excluding tert-OH is 1. The maximum Gasteiger partial charge on any atom is 0.357 e. The molecule has 2 aliphatic heterocycles. The minimum absolute atomic E-state index is 0.0558. The number of hydrogen-bond acceptors (Lipinski definition) is 8. The zero-order chi connectivity index (χ0) is 20.5. The molecular formula is C18H17N5O6. The molecule has 1 aromatic heterocycles. The second kappa shape index (κ2) is 7.43. The van der Waals surface area contributed by atoms with Gasteiger partial charge in [0, 0.05) is 38.0 Å². The Morgan fingerprint density at radius 3 is 2.72 bits per heavy atom. The van der Waals surface area contributed by atoms with Gasteiger partial charge in [0.2, 0.25) is 5.91 Å². The molecule has 0 unspecified atom stereocenters. The molecule has 11 nitrogen and oxygen atoms in total. The van der Waals surface area contributed by atoms with E-state index in [1.807, 2.05) is 0 Å². The van der Waals surface area contributed by atoms with Crippen LogP contribution in [0.15, 0.2) is 36.2 Å². The SMILES string of the molecule is O=C(OCc1ccc([N+](=O)[O-])cc1)C1=C(n2cc(CCO)nn2)C[C@@H]2CC(=O)N12. The number of aliphatic hydroxyl groups is 1. The van der Waals surface area contributed by atoms with Gasteiger partial charge in [-0.25, -0.2) is 9.48 Å². The number of carbonyl (C=O) groups excluding carboxylic acids is 2. The van der Waals surface area contributed by atoms with Crippen molar-refractivity contribution < 1.29 is 24.4 Å². The monoisotopic (exact) mass is 399 g/mol. The third kappa shape index (κ3) is 3.47. The molecule has 1 atom stereocenters. The van der Waals surface area contributed by atoms with Crippen molar-refractivity contribution in [3.05, 3.63) is 57.5 Å². The summed E-state index contributed by atoms with van der Waals surface area (Å²) in [6.07, 6.45) is 2.75. The quantitative estimate of drug-likeness (QED) is 0.309. The maximum atomic E-state index is 12.8. The van der Waals surface area contributed by atoms with Crippen LogP contribution >= 0.6 is 0 Å². The van der Waals surface area contributed by atoms with Crippen LogP contribution in [0.1, 0.15) is 24.1 Å². The van der Waals surface area contributed by atoms with E-state index in [-0.39, 0.29) is 36.5 Å². The summed E-state index contributed by atoms with van der Waals surface area (Å²) in [5.74, 6) is -0.837. The molecule has 0 aliphatic carbocycles. The number of nitrogens with zero attached hydrogens (tertiary/aromatic N) is 5. The zero-order valence-corrected chi connectivity index (χ0v) is 15.2. The molecule has 0 bridgehead atoms. The molecule has 1 N–H and O–H groups in total. The Balaban J connectivity index is 1.54. The lowest BCUT2D eigenvalue weighted by Crippen LogP contribution is -2.49. The van der Waals surface area contributed by atoms with E-state index in [4.69, 9.17) is 9.84 Å². The van der Waals surface area contributed by atoms with Crippen LogP contribution in [0.3, 0.4) is 0 Å². The van der Waals surface area contributed by atoms with Gasteiger partial charge >= 0.3 is 5.97 Å². The first-order valence-electron chi connectivity index (χ1n) is 8.96. The highest BCUT2D eigenvalue weighted by molar-refractivity contribution is 6.03. The molecule has 4 rings (SSSR count). The van der Waals surface area contributed by atoms with Crippen molar-refractivity contribution in [3.63, 3.8) is 0 Å². The summed E-state index contributed by atoms with van der Waals surface area (Å²) in [6.45, 7) is -0.164. The van der Waals surface area contributed by atoms with Crippen LogP contribution in [-0.4, -0.2) is 54.4 Å². The molecule has 150 valence electrons. The lowest BCUT2D eigenvalue weighted by atomic mass is 10.0. The first kappa shape index (κ1) is 18.7. The van der Waals surface area contributed by atoms with Crippen molar-refractivity contribution in [2.24, 2.45) is 0 Å². The van der Waals surface area contributed by atoms with Crippen LogP contribution in [0.2, 0.25) is 0 Å². The first-order valence-corrected chi connectivity index (χ1v) is 8.96. The van der Waals surface area contributed by atoms with Crippen LogP contribution in [0.25, 0.3) is 5.70 Å². The second-order valence-corrected chi connectivity index (χ2v) is 6.75. The van der Waals surface area contributed by atoms with Crippen LogP contribution in [0, 0.1) is 10.1 Å². The Morgan fingerprint density at radius 2 is 2.07 bits per heavy atom. The third-order valence-corrected chi connectivity index (χ3v) is 4.88. The van der Waals surface area contributed by atoms with Gasteiger partial charge in [-0.05, 0) is 17.7 Å². The summed E-state index contributed by atoms with van der Waals surface area (Å²) >= 11 is 0. The van der Waals surface area contributed by atoms with Gasteiger partial charge in [-0.2, -0.15) is 0 Å². The summed E-state index contributed by atoms with van der Waals surface area (Å²) in [5.41, 5.74) is 1.75. The van der Waals surface area contributed by atoms with E-state index in [0.717, 1.165) is 0 Å². The number of fused-ring (bicyclic) bond motifs is 1. The number of non-ortho nitro benzene ring substituents is 1. The Bertz CT molecular complexity index is 1010. The van der Waals surface area contributed by atoms with Gasteiger partial charge in [0.15, 0.2) is 5.70 Å². The number of benzene rings is 1. The Kier molecular flexibility index (Phi) is 4.80. The van der Waals surface area contributed by atoms with E-state index in [1.54, 1.807) is 6.20 Å². The van der Waals surface area contributed by atoms with E-state index < -0.39 is 10.9 Å². The van der Waals surface area contributed by atoms with Crippen molar-refractivity contribution in [2.45, 2.75) is 31.9 Å². The van der Waals surface area contributed by atoms with E-state index in [1.165, 1.54) is 33.8 Å². The number of ether oxygens (including phenoxy) is 1. The fraction of sp³-hybridized carbons (Fsp3) is 0.333. The fourth-order valence-electron chi connectivity index (χ4n) is 3.42. The standard InChI is InChI=1S/C18H17N5O6/c24-6-5-12-9-21(20-19-12)15-7-14-8-16(25)22(14)17(15)18(26)29-10-11-1-3-13(4-2-11)23(27)28/h1-4,9,14,24H,5-8,10H2/t14-/m1/s1. The predicted molar refractivity (Wildman–Crippen MR) is 96.8 cm³/mol. The average Bonchev–Trinajstić information content (AvgIpc) is 3.28. The maximum absolute atomic E-state index is 12.8. The number of hydrogen-bond donors (Lipinski definition) is 1. The first-order chi connectivity index (χ1) is 14.0. The van der Waals surface area contributed by atoms with Gasteiger partial charge in [-0.3, -0.25) is 14.9 Å². The minimum atomic E-state index is -0.673. The van der Waals surface area contributed by atoms with Gasteiger partial charge < -0.3 is 14.7 Å². The molecule has 0 saturated carbocycles. The molecular weight excluding hydrogens is 382 g/mol. The molecule has 2 aromatic rings. The number of carbonyl (C=O) groups is 2. The number of aromatic nitrogens is 3. The summed E-state index contributed by atoms with van der Waals surface area (Å²) in [4.78, 5) is 36.4. The van der Waals surface area contributed by atoms with Gasteiger partial charge in [-0.1, -0.05) is 5.21 Å². The second-order valence-electron chi connectivity index (χ2n) is 6.75. The average molecular weight is 399 g/mol. The van der Waals surface area contributed by atoms with Crippen LogP contribution in [0.5, 0.6) is 0 Å². The molecule has 3 heterocycles. The van der Waals surface area contributed by atoms with Gasteiger partial charge in [0.05, 0.1) is 28.6 Å². The molecule has 0 radical (unpaired) electrons. The molecule has 11 heteroatoms. The molecule has 1 fully saturated rings. The minimum Gasteiger partial charge on any atom is -0.456 e. The molecule has 0 spiro atoms. The smallest absolute Gasteiger partial charge is 0.357 e. The highest BCUT2D eigenvalue weighted by Gasteiger charge is 2.48. The summed E-state index contributed by atoms with van der Waals surface area (Å²) in [5, 5.41) is 27.7. The third-order valence-electron chi connectivity index (χ3n) is 4.88. The Labute approximate surface area is 164 Å².